The number of sulfonamides is 1. The fraction of sp³-hybridized carbons (Fsp3) is 0.553. The summed E-state index contributed by atoms with van der Waals surface area (Å²) in [6, 6.07) is 15.1. The standard InChI is InChI=1S/C47H57N3O8S/c1-5-33-25-47(33,45(54)49-59(55,56)35-17-18-35)26-41(51)40-22-34-27-50(40)44(53)36(30-12-9-10-13-30)23-43(52)57-28-46(3,4)19-11-16-32-21-37-39(20-29(32)2)48-38(24-42(37)58-34)31-14-7-6-8-15-31/h5-8,14-15,20-21,24,30,33-36,40H,1,9-13,16-19,22-23,25-28H2,2-4H3,(H,49,54)/t33-,34-,36+,40+,47-/m1/s1. The summed E-state index contributed by atoms with van der Waals surface area (Å²) in [6.07, 6.45) is 8.15. The van der Waals surface area contributed by atoms with Gasteiger partial charge < -0.3 is 14.4 Å². The quantitative estimate of drug-likeness (QED) is 0.172. The number of hydrogen-bond acceptors (Lipinski definition) is 9. The van der Waals surface area contributed by atoms with Crippen LogP contribution in [0.5, 0.6) is 5.75 Å². The molecule has 1 saturated heterocycles. The molecule has 0 unspecified atom stereocenters. The Morgan fingerprint density at radius 3 is 2.47 bits per heavy atom. The number of hydrogen-bond donors (Lipinski definition) is 1. The van der Waals surface area contributed by atoms with Crippen molar-refractivity contribution in [1.29, 1.82) is 0 Å². The number of carbonyl (C=O) groups is 4. The van der Waals surface area contributed by atoms with Crippen LogP contribution >= 0.6 is 0 Å². The molecule has 3 heterocycles. The molecule has 5 atom stereocenters. The predicted octanol–water partition coefficient (Wildman–Crippen LogP) is 7.42. The second kappa shape index (κ2) is 16.1. The molecule has 314 valence electrons. The Kier molecular flexibility index (Phi) is 11.2. The summed E-state index contributed by atoms with van der Waals surface area (Å²) in [7, 11) is -3.85. The molecule has 0 radical (unpaired) electrons. The van der Waals surface area contributed by atoms with Crippen LogP contribution in [0.3, 0.4) is 0 Å². The lowest BCUT2D eigenvalue weighted by molar-refractivity contribution is -0.153. The highest BCUT2D eigenvalue weighted by molar-refractivity contribution is 7.90. The molecule has 5 aliphatic rings. The number of Topliss-reactive ketones (excluding diaryl/α,β-unsaturated/α-hetero) is 1. The number of allylic oxidation sites excluding steroid dienone is 1. The van der Waals surface area contributed by atoms with Crippen LogP contribution in [-0.4, -0.2) is 72.4 Å². The van der Waals surface area contributed by atoms with Crippen molar-refractivity contribution in [2.75, 3.05) is 13.2 Å². The Morgan fingerprint density at radius 1 is 1.03 bits per heavy atom. The number of amides is 2. The van der Waals surface area contributed by atoms with Crippen molar-refractivity contribution in [1.82, 2.24) is 14.6 Å². The van der Waals surface area contributed by atoms with Gasteiger partial charge in [0.2, 0.25) is 21.8 Å². The third-order valence-electron chi connectivity index (χ3n) is 13.7. The minimum atomic E-state index is -3.85. The number of fused-ring (bicyclic) bond motifs is 3. The number of nitrogens with one attached hydrogen (secondary N) is 1. The first-order valence-electron chi connectivity index (χ1n) is 21.5. The summed E-state index contributed by atoms with van der Waals surface area (Å²) in [5.74, 6) is -2.24. The Bertz CT molecular complexity index is 2260. The third kappa shape index (κ3) is 8.70. The highest BCUT2D eigenvalue weighted by atomic mass is 32.2. The molecule has 2 aromatic carbocycles. The number of aromatic nitrogens is 1. The number of ether oxygens (including phenoxy) is 2. The van der Waals surface area contributed by atoms with Gasteiger partial charge in [0.1, 0.15) is 11.9 Å². The topological polar surface area (TPSA) is 149 Å². The van der Waals surface area contributed by atoms with Crippen LogP contribution in [0.25, 0.3) is 22.2 Å². The van der Waals surface area contributed by atoms with E-state index in [1.807, 2.05) is 36.4 Å². The van der Waals surface area contributed by atoms with Gasteiger partial charge in [-0.15, -0.1) is 6.58 Å². The van der Waals surface area contributed by atoms with Crippen LogP contribution in [0.4, 0.5) is 0 Å². The first-order valence-corrected chi connectivity index (χ1v) is 23.0. The molecule has 3 aromatic rings. The van der Waals surface area contributed by atoms with E-state index in [1.54, 1.807) is 11.0 Å². The first-order chi connectivity index (χ1) is 28.2. The highest BCUT2D eigenvalue weighted by Gasteiger charge is 2.61. The lowest BCUT2D eigenvalue weighted by Crippen LogP contribution is -2.47. The molecule has 59 heavy (non-hydrogen) atoms. The van der Waals surface area contributed by atoms with E-state index in [0.717, 1.165) is 78.2 Å². The molecule has 4 fully saturated rings. The van der Waals surface area contributed by atoms with Crippen LogP contribution in [0.1, 0.15) is 102 Å². The zero-order valence-corrected chi connectivity index (χ0v) is 35.4. The summed E-state index contributed by atoms with van der Waals surface area (Å²) in [6.45, 7) is 10.5. The molecule has 12 heteroatoms. The van der Waals surface area contributed by atoms with Crippen LogP contribution < -0.4 is 9.46 Å². The number of pyridine rings is 1. The van der Waals surface area contributed by atoms with Crippen molar-refractivity contribution in [2.45, 2.75) is 122 Å². The van der Waals surface area contributed by atoms with E-state index >= 15 is 4.79 Å². The number of cyclic esters (lactones) is 1. The maximum Gasteiger partial charge on any atom is 0.306 e. The molecule has 2 amide bonds. The third-order valence-corrected chi connectivity index (χ3v) is 15.5. The van der Waals surface area contributed by atoms with Crippen LogP contribution in [0.2, 0.25) is 0 Å². The average Bonchev–Trinajstić information content (AvgIpc) is 4.08. The summed E-state index contributed by atoms with van der Waals surface area (Å²) < 4.78 is 40.9. The van der Waals surface area contributed by atoms with E-state index in [9.17, 15) is 22.8 Å². The van der Waals surface area contributed by atoms with Gasteiger partial charge in [0.05, 0.1) is 53.4 Å². The lowest BCUT2D eigenvalue weighted by atomic mass is 9.85. The first kappa shape index (κ1) is 41.2. The van der Waals surface area contributed by atoms with Gasteiger partial charge in [-0.1, -0.05) is 63.1 Å². The van der Waals surface area contributed by atoms with Crippen molar-refractivity contribution in [3.63, 3.8) is 0 Å². The SMILES string of the molecule is C=C[C@@H]1C[C@]1(CC(=O)[C@@H]1C[C@@H]2CN1C(=O)[C@H](C1CCCC1)CC(=O)OCC(C)(C)CCCc1cc3c(cc(-c4ccccc4)nc3cc1C)O2)C(=O)NS(=O)(=O)C1CC1. The van der Waals surface area contributed by atoms with Gasteiger partial charge in [-0.2, -0.15) is 0 Å². The fourth-order valence-corrected chi connectivity index (χ4v) is 11.2. The number of carbonyl (C=O) groups excluding carboxylic acids is 4. The van der Waals surface area contributed by atoms with Crippen molar-refractivity contribution >= 4 is 44.5 Å². The number of aryl methyl sites for hydroxylation is 2. The van der Waals surface area contributed by atoms with Crippen molar-refractivity contribution in [3.05, 3.63) is 72.3 Å². The summed E-state index contributed by atoms with van der Waals surface area (Å²) >= 11 is 0. The molecular weight excluding hydrogens is 767 g/mol. The van der Waals surface area contributed by atoms with E-state index in [4.69, 9.17) is 14.5 Å². The lowest BCUT2D eigenvalue weighted by Gasteiger charge is -2.31. The van der Waals surface area contributed by atoms with E-state index in [-0.39, 0.29) is 67.8 Å². The van der Waals surface area contributed by atoms with E-state index in [1.165, 1.54) is 0 Å². The largest absolute Gasteiger partial charge is 0.488 e. The van der Waals surface area contributed by atoms with Gasteiger partial charge in [0.25, 0.3) is 0 Å². The molecule has 4 bridgehead atoms. The van der Waals surface area contributed by atoms with E-state index in [2.05, 4.69) is 44.2 Å². The van der Waals surface area contributed by atoms with E-state index in [0.29, 0.717) is 18.6 Å². The Hall–Kier alpha value is -4.58. The van der Waals surface area contributed by atoms with Crippen molar-refractivity contribution in [3.8, 4) is 17.0 Å². The molecule has 0 spiro atoms. The van der Waals surface area contributed by atoms with Gasteiger partial charge in [-0.3, -0.25) is 23.9 Å². The van der Waals surface area contributed by atoms with Gasteiger partial charge in [0.15, 0.2) is 5.78 Å². The van der Waals surface area contributed by atoms with Crippen molar-refractivity contribution in [2.24, 2.45) is 28.6 Å². The molecule has 1 N–H and O–H groups in total. The maximum atomic E-state index is 15.0. The van der Waals surface area contributed by atoms with Gasteiger partial charge in [-0.05, 0) is 98.8 Å². The highest BCUT2D eigenvalue weighted by Crippen LogP contribution is 2.57. The molecule has 2 aliphatic heterocycles. The number of benzene rings is 2. The normalized spacial score (nSPS) is 27.7. The monoisotopic (exact) mass is 823 g/mol. The zero-order valence-electron chi connectivity index (χ0n) is 34.5. The number of esters is 1. The minimum Gasteiger partial charge on any atom is -0.488 e. The predicted molar refractivity (Wildman–Crippen MR) is 225 cm³/mol. The summed E-state index contributed by atoms with van der Waals surface area (Å²) in [4.78, 5) is 63.8. The smallest absolute Gasteiger partial charge is 0.306 e. The summed E-state index contributed by atoms with van der Waals surface area (Å²) in [5, 5.41) is 0.242. The molecule has 3 saturated carbocycles. The summed E-state index contributed by atoms with van der Waals surface area (Å²) in [5.41, 5.74) is 3.15. The molecule has 8 rings (SSSR count). The Labute approximate surface area is 347 Å². The van der Waals surface area contributed by atoms with E-state index < -0.39 is 50.6 Å². The second-order valence-electron chi connectivity index (χ2n) is 18.7. The van der Waals surface area contributed by atoms with Gasteiger partial charge in [-0.25, -0.2) is 13.4 Å². The van der Waals surface area contributed by atoms with Crippen LogP contribution in [0, 0.1) is 35.5 Å². The van der Waals surface area contributed by atoms with Crippen LogP contribution in [0.15, 0.2) is 61.2 Å². The minimum absolute atomic E-state index is 0.0399. The fourth-order valence-electron chi connectivity index (χ4n) is 9.81. The second-order valence-corrected chi connectivity index (χ2v) is 20.7. The Balaban J connectivity index is 1.18. The van der Waals surface area contributed by atoms with Gasteiger partial charge >= 0.3 is 5.97 Å². The Morgan fingerprint density at radius 2 is 1.78 bits per heavy atom. The number of nitrogens with zero attached hydrogens (tertiary/aromatic N) is 2. The number of rotatable bonds is 9. The van der Waals surface area contributed by atoms with Crippen LogP contribution in [-0.2, 0) is 40.4 Å². The maximum absolute atomic E-state index is 15.0. The van der Waals surface area contributed by atoms with Gasteiger partial charge in [0, 0.05) is 29.9 Å². The zero-order chi connectivity index (χ0) is 41.7. The molecule has 11 nitrogen and oxygen atoms in total. The average molecular weight is 824 g/mol. The molecule has 1 aromatic heterocycles. The van der Waals surface area contributed by atoms with Crippen molar-refractivity contribution < 1.29 is 37.1 Å². The molecular formula is C47H57N3O8S. The molecule has 3 aliphatic carbocycles. The number of ketones is 1.